The Balaban J connectivity index is 2.40. The number of hydrogen-bond acceptors (Lipinski definition) is 2. The zero-order valence-corrected chi connectivity index (χ0v) is 12.9. The molecule has 0 bridgehead atoms. The van der Waals surface area contributed by atoms with Gasteiger partial charge in [-0.15, -0.1) is 0 Å². The van der Waals surface area contributed by atoms with Crippen molar-refractivity contribution in [3.8, 4) is 0 Å². The minimum absolute atomic E-state index is 0.252. The smallest absolute Gasteiger partial charge is 0.0136 e. The summed E-state index contributed by atoms with van der Waals surface area (Å²) in [7, 11) is 2.30. The van der Waals surface area contributed by atoms with Gasteiger partial charge in [-0.25, -0.2) is 0 Å². The molecular formula is C15H32N2. The molecule has 102 valence electrons. The summed E-state index contributed by atoms with van der Waals surface area (Å²) in [6.45, 7) is 14.9. The molecule has 3 unspecified atom stereocenters. The van der Waals surface area contributed by atoms with Gasteiger partial charge in [-0.3, -0.25) is 0 Å². The third kappa shape index (κ3) is 4.26. The molecule has 0 aromatic heterocycles. The van der Waals surface area contributed by atoms with Crippen molar-refractivity contribution in [2.45, 2.75) is 72.0 Å². The van der Waals surface area contributed by atoms with E-state index in [1.165, 1.54) is 19.4 Å². The molecule has 3 atom stereocenters. The summed E-state index contributed by atoms with van der Waals surface area (Å²) in [5.74, 6) is 1.59. The van der Waals surface area contributed by atoms with Gasteiger partial charge in [0.25, 0.3) is 0 Å². The van der Waals surface area contributed by atoms with Crippen LogP contribution in [0, 0.1) is 11.8 Å². The number of nitrogens with zero attached hydrogens (tertiary/aromatic N) is 1. The van der Waals surface area contributed by atoms with Crippen molar-refractivity contribution < 1.29 is 0 Å². The average Bonchev–Trinajstić information content (AvgIpc) is 2.12. The maximum Gasteiger partial charge on any atom is 0.0136 e. The fourth-order valence-corrected chi connectivity index (χ4v) is 2.54. The second-order valence-corrected chi connectivity index (χ2v) is 7.19. The van der Waals surface area contributed by atoms with Gasteiger partial charge < -0.3 is 10.2 Å². The van der Waals surface area contributed by atoms with E-state index in [2.05, 4.69) is 58.8 Å². The monoisotopic (exact) mass is 240 g/mol. The van der Waals surface area contributed by atoms with Crippen LogP contribution in [0.5, 0.6) is 0 Å². The van der Waals surface area contributed by atoms with Crippen LogP contribution in [0.1, 0.15) is 54.4 Å². The van der Waals surface area contributed by atoms with Crippen molar-refractivity contribution in [2.75, 3.05) is 13.6 Å². The molecule has 0 radical (unpaired) electrons. The molecule has 1 saturated carbocycles. The molecule has 0 saturated heterocycles. The molecule has 0 aromatic carbocycles. The molecule has 0 aliphatic heterocycles. The Morgan fingerprint density at radius 2 is 1.76 bits per heavy atom. The van der Waals surface area contributed by atoms with Gasteiger partial charge >= 0.3 is 0 Å². The van der Waals surface area contributed by atoms with Crippen LogP contribution in [0.2, 0.25) is 0 Å². The summed E-state index contributed by atoms with van der Waals surface area (Å²) >= 11 is 0. The first-order chi connectivity index (χ1) is 7.72. The van der Waals surface area contributed by atoms with E-state index in [0.717, 1.165) is 17.9 Å². The lowest BCUT2D eigenvalue weighted by Crippen LogP contribution is -2.54. The van der Waals surface area contributed by atoms with Crippen molar-refractivity contribution >= 4 is 0 Å². The Bertz CT molecular complexity index is 230. The Morgan fingerprint density at radius 3 is 2.12 bits per heavy atom. The van der Waals surface area contributed by atoms with Gasteiger partial charge in [-0.05, 0) is 66.0 Å². The highest BCUT2D eigenvalue weighted by molar-refractivity contribution is 4.92. The fraction of sp³-hybridized carbons (Fsp3) is 1.00. The van der Waals surface area contributed by atoms with Crippen molar-refractivity contribution in [2.24, 2.45) is 11.8 Å². The van der Waals surface area contributed by atoms with Crippen LogP contribution in [0.3, 0.4) is 0 Å². The van der Waals surface area contributed by atoms with Crippen molar-refractivity contribution in [3.63, 3.8) is 0 Å². The Labute approximate surface area is 108 Å². The third-order valence-corrected chi connectivity index (χ3v) is 4.40. The van der Waals surface area contributed by atoms with Crippen LogP contribution in [-0.4, -0.2) is 36.1 Å². The molecular weight excluding hydrogens is 208 g/mol. The minimum Gasteiger partial charge on any atom is -0.312 e. The Hall–Kier alpha value is -0.0800. The molecule has 0 aromatic rings. The fourth-order valence-electron chi connectivity index (χ4n) is 2.54. The van der Waals surface area contributed by atoms with Crippen LogP contribution >= 0.6 is 0 Å². The third-order valence-electron chi connectivity index (χ3n) is 4.40. The summed E-state index contributed by atoms with van der Waals surface area (Å²) in [5, 5.41) is 3.65. The summed E-state index contributed by atoms with van der Waals surface area (Å²) in [6.07, 6.45) is 2.77. The molecule has 0 amide bonds. The zero-order valence-electron chi connectivity index (χ0n) is 12.9. The highest BCUT2D eigenvalue weighted by Crippen LogP contribution is 2.33. The molecule has 17 heavy (non-hydrogen) atoms. The van der Waals surface area contributed by atoms with Crippen molar-refractivity contribution in [1.29, 1.82) is 0 Å². The van der Waals surface area contributed by atoms with Gasteiger partial charge in [-0.2, -0.15) is 0 Å². The lowest BCUT2D eigenvalue weighted by atomic mass is 9.77. The molecule has 1 fully saturated rings. The quantitative estimate of drug-likeness (QED) is 0.794. The largest absolute Gasteiger partial charge is 0.312 e. The van der Waals surface area contributed by atoms with Crippen LogP contribution < -0.4 is 5.32 Å². The van der Waals surface area contributed by atoms with Gasteiger partial charge in [0.1, 0.15) is 0 Å². The lowest BCUT2D eigenvalue weighted by Gasteiger charge is -2.47. The van der Waals surface area contributed by atoms with E-state index in [-0.39, 0.29) is 5.54 Å². The molecule has 1 aliphatic rings. The van der Waals surface area contributed by atoms with Crippen LogP contribution in [-0.2, 0) is 0 Å². The number of nitrogens with one attached hydrogen (secondary N) is 1. The SMILES string of the molecule is CC(C)C(C)N(C)C1CCC1CNC(C)(C)C. The summed E-state index contributed by atoms with van der Waals surface area (Å²) in [6, 6.07) is 1.49. The predicted molar refractivity (Wildman–Crippen MR) is 76.3 cm³/mol. The van der Waals surface area contributed by atoms with Gasteiger partial charge in [0.15, 0.2) is 0 Å². The van der Waals surface area contributed by atoms with Gasteiger partial charge in [-0.1, -0.05) is 13.8 Å². The Morgan fingerprint density at radius 1 is 1.18 bits per heavy atom. The summed E-state index contributed by atoms with van der Waals surface area (Å²) < 4.78 is 0. The second kappa shape index (κ2) is 5.71. The van der Waals surface area contributed by atoms with Crippen LogP contribution in [0.25, 0.3) is 0 Å². The molecule has 1 aliphatic carbocycles. The molecule has 2 heteroatoms. The standard InChI is InChI=1S/C15H32N2/c1-11(2)12(3)17(7)14-9-8-13(14)10-16-15(4,5)6/h11-14,16H,8-10H2,1-7H3. The van der Waals surface area contributed by atoms with Crippen molar-refractivity contribution in [3.05, 3.63) is 0 Å². The van der Waals surface area contributed by atoms with Gasteiger partial charge in [0.2, 0.25) is 0 Å². The molecule has 1 N–H and O–H groups in total. The van der Waals surface area contributed by atoms with E-state index in [1.807, 2.05) is 0 Å². The number of hydrogen-bond donors (Lipinski definition) is 1. The van der Waals surface area contributed by atoms with E-state index in [9.17, 15) is 0 Å². The first kappa shape index (κ1) is 15.0. The topological polar surface area (TPSA) is 15.3 Å². The normalized spacial score (nSPS) is 27.4. The van der Waals surface area contributed by atoms with Gasteiger partial charge in [0, 0.05) is 17.6 Å². The maximum absolute atomic E-state index is 3.65. The van der Waals surface area contributed by atoms with Crippen molar-refractivity contribution in [1.82, 2.24) is 10.2 Å². The molecule has 2 nitrogen and oxygen atoms in total. The first-order valence-electron chi connectivity index (χ1n) is 7.19. The van der Waals surface area contributed by atoms with Crippen LogP contribution in [0.15, 0.2) is 0 Å². The minimum atomic E-state index is 0.252. The van der Waals surface area contributed by atoms with E-state index in [1.54, 1.807) is 0 Å². The Kier molecular flexibility index (Phi) is 5.03. The molecule has 0 heterocycles. The molecule has 0 spiro atoms. The van der Waals surface area contributed by atoms with E-state index in [0.29, 0.717) is 6.04 Å². The highest BCUT2D eigenvalue weighted by atomic mass is 15.2. The highest BCUT2D eigenvalue weighted by Gasteiger charge is 2.36. The van der Waals surface area contributed by atoms with E-state index < -0.39 is 0 Å². The summed E-state index contributed by atoms with van der Waals surface area (Å²) in [5.41, 5.74) is 0.252. The zero-order chi connectivity index (χ0) is 13.2. The first-order valence-corrected chi connectivity index (χ1v) is 7.19. The summed E-state index contributed by atoms with van der Waals surface area (Å²) in [4.78, 5) is 2.60. The van der Waals surface area contributed by atoms with E-state index in [4.69, 9.17) is 0 Å². The maximum atomic E-state index is 3.65. The van der Waals surface area contributed by atoms with Gasteiger partial charge in [0.05, 0.1) is 0 Å². The number of rotatable bonds is 5. The van der Waals surface area contributed by atoms with Crippen LogP contribution in [0.4, 0.5) is 0 Å². The average molecular weight is 240 g/mol. The predicted octanol–water partition coefficient (Wildman–Crippen LogP) is 3.13. The molecule has 1 rings (SSSR count). The second-order valence-electron chi connectivity index (χ2n) is 7.19. The lowest BCUT2D eigenvalue weighted by molar-refractivity contribution is 0.0374. The van der Waals surface area contributed by atoms with E-state index >= 15 is 0 Å².